The number of fused-ring (bicyclic) bond motifs is 3. The molecule has 1 aromatic carbocycles. The Kier molecular flexibility index (Phi) is 3.49. The van der Waals surface area contributed by atoms with Crippen LogP contribution in [0.1, 0.15) is 42.5 Å². The van der Waals surface area contributed by atoms with E-state index in [4.69, 9.17) is 10.2 Å². The Morgan fingerprint density at radius 2 is 2.09 bits per heavy atom. The number of amides is 1. The lowest BCUT2D eigenvalue weighted by molar-refractivity contribution is 0.0463. The smallest absolute Gasteiger partial charge is 0.293 e. The van der Waals surface area contributed by atoms with E-state index in [1.165, 1.54) is 19.3 Å². The molecule has 2 aliphatic heterocycles. The monoisotopic (exact) mass is 314 g/mol. The number of nitrogens with one attached hydrogen (secondary N) is 1. The van der Waals surface area contributed by atoms with Crippen LogP contribution in [0.2, 0.25) is 0 Å². The van der Waals surface area contributed by atoms with Gasteiger partial charge in [0.2, 0.25) is 0 Å². The summed E-state index contributed by atoms with van der Waals surface area (Å²) in [6, 6.07) is 6.84. The second-order valence-corrected chi connectivity index (χ2v) is 6.75. The summed E-state index contributed by atoms with van der Waals surface area (Å²) >= 11 is 0. The van der Waals surface area contributed by atoms with Crippen molar-refractivity contribution < 1.29 is 9.21 Å². The molecule has 3 N–H and O–H groups in total. The van der Waals surface area contributed by atoms with Gasteiger partial charge in [0.15, 0.2) is 5.58 Å². The van der Waals surface area contributed by atoms with Crippen LogP contribution in [0.4, 0.5) is 6.01 Å². The molecule has 4 rings (SSSR count). The van der Waals surface area contributed by atoms with E-state index >= 15 is 0 Å². The molecule has 122 valence electrons. The molecule has 0 spiro atoms. The fraction of sp³-hybridized carbons (Fsp3) is 0.529. The van der Waals surface area contributed by atoms with E-state index in [1.54, 1.807) is 18.2 Å². The van der Waals surface area contributed by atoms with Crippen LogP contribution in [-0.2, 0) is 0 Å². The molecule has 0 aliphatic carbocycles. The molecule has 0 saturated carbocycles. The van der Waals surface area contributed by atoms with Gasteiger partial charge in [-0.1, -0.05) is 12.5 Å². The van der Waals surface area contributed by atoms with Crippen LogP contribution in [0.15, 0.2) is 22.6 Å². The number of carbonyl (C=O) groups excluding carboxylic acids is 1. The van der Waals surface area contributed by atoms with Crippen molar-refractivity contribution in [3.63, 3.8) is 0 Å². The highest BCUT2D eigenvalue weighted by Gasteiger charge is 2.36. The molecular weight excluding hydrogens is 292 g/mol. The van der Waals surface area contributed by atoms with Crippen LogP contribution < -0.4 is 11.1 Å². The van der Waals surface area contributed by atoms with Gasteiger partial charge in [-0.25, -0.2) is 0 Å². The van der Waals surface area contributed by atoms with E-state index in [0.717, 1.165) is 12.8 Å². The summed E-state index contributed by atoms with van der Waals surface area (Å²) in [6.45, 7) is 0. The summed E-state index contributed by atoms with van der Waals surface area (Å²) in [7, 11) is 2.21. The quantitative estimate of drug-likeness (QED) is 0.887. The Bertz CT molecular complexity index is 727. The fourth-order valence-corrected chi connectivity index (χ4v) is 4.15. The van der Waals surface area contributed by atoms with Crippen LogP contribution in [0.5, 0.6) is 0 Å². The molecule has 2 bridgehead atoms. The summed E-state index contributed by atoms with van der Waals surface area (Å²) in [5, 5.41) is 3.20. The van der Waals surface area contributed by atoms with Crippen molar-refractivity contribution in [3.05, 3.63) is 23.8 Å². The summed E-state index contributed by atoms with van der Waals surface area (Å²) < 4.78 is 5.30. The minimum atomic E-state index is -0.0865. The maximum Gasteiger partial charge on any atom is 0.293 e. The normalized spacial score (nSPS) is 28.0. The fourth-order valence-electron chi connectivity index (χ4n) is 4.15. The van der Waals surface area contributed by atoms with Gasteiger partial charge >= 0.3 is 0 Å². The molecule has 1 aromatic heterocycles. The molecule has 3 heterocycles. The highest BCUT2D eigenvalue weighted by Crippen LogP contribution is 2.32. The maximum absolute atomic E-state index is 12.7. The molecule has 2 saturated heterocycles. The van der Waals surface area contributed by atoms with Gasteiger partial charge in [0.25, 0.3) is 11.9 Å². The van der Waals surface area contributed by atoms with Crippen molar-refractivity contribution in [3.8, 4) is 0 Å². The van der Waals surface area contributed by atoms with Crippen molar-refractivity contribution >= 4 is 23.0 Å². The van der Waals surface area contributed by atoms with E-state index in [9.17, 15) is 4.79 Å². The molecular formula is C17H22N4O2. The predicted molar refractivity (Wildman–Crippen MR) is 88.1 cm³/mol. The molecule has 1 amide bonds. The number of anilines is 1. The number of nitrogens with two attached hydrogens (primary N) is 1. The average Bonchev–Trinajstić information content (AvgIpc) is 2.88. The number of rotatable bonds is 2. The first kappa shape index (κ1) is 14.5. The van der Waals surface area contributed by atoms with Crippen molar-refractivity contribution in [2.24, 2.45) is 0 Å². The first-order valence-electron chi connectivity index (χ1n) is 8.29. The number of hydrogen-bond donors (Lipinski definition) is 2. The van der Waals surface area contributed by atoms with Crippen LogP contribution >= 0.6 is 0 Å². The van der Waals surface area contributed by atoms with Crippen molar-refractivity contribution in [1.29, 1.82) is 0 Å². The summed E-state index contributed by atoms with van der Waals surface area (Å²) in [5.41, 5.74) is 7.23. The number of benzene rings is 1. The van der Waals surface area contributed by atoms with Crippen LogP contribution in [0.25, 0.3) is 11.1 Å². The van der Waals surface area contributed by atoms with Gasteiger partial charge < -0.3 is 20.4 Å². The number of nitrogens with zero attached hydrogens (tertiary/aromatic N) is 2. The van der Waals surface area contributed by atoms with Gasteiger partial charge in [0.1, 0.15) is 5.52 Å². The number of nitrogen functional groups attached to an aromatic ring is 1. The van der Waals surface area contributed by atoms with Gasteiger partial charge in [-0.05, 0) is 44.9 Å². The van der Waals surface area contributed by atoms with E-state index in [2.05, 4.69) is 22.2 Å². The van der Waals surface area contributed by atoms with E-state index < -0.39 is 0 Å². The lowest BCUT2D eigenvalue weighted by Crippen LogP contribution is -2.55. The minimum Gasteiger partial charge on any atom is -0.424 e. The number of para-hydroxylation sites is 1. The lowest BCUT2D eigenvalue weighted by atomic mass is 9.82. The maximum atomic E-state index is 12.7. The lowest BCUT2D eigenvalue weighted by Gasteiger charge is -2.47. The second-order valence-electron chi connectivity index (χ2n) is 6.75. The third-order valence-corrected chi connectivity index (χ3v) is 5.36. The zero-order chi connectivity index (χ0) is 16.0. The van der Waals surface area contributed by atoms with Gasteiger partial charge in [0.05, 0.1) is 5.56 Å². The van der Waals surface area contributed by atoms with Gasteiger partial charge in [0, 0.05) is 18.1 Å². The summed E-state index contributed by atoms with van der Waals surface area (Å²) in [6.07, 6.45) is 5.81. The second kappa shape index (κ2) is 5.53. The highest BCUT2D eigenvalue weighted by atomic mass is 16.4. The topological polar surface area (TPSA) is 84.4 Å². The Labute approximate surface area is 135 Å². The number of piperidine rings is 2. The summed E-state index contributed by atoms with van der Waals surface area (Å²) in [5.74, 6) is -0.0865. The zero-order valence-corrected chi connectivity index (χ0v) is 13.3. The van der Waals surface area contributed by atoms with Crippen LogP contribution in [0, 0.1) is 0 Å². The molecule has 2 unspecified atom stereocenters. The van der Waals surface area contributed by atoms with E-state index in [-0.39, 0.29) is 18.0 Å². The largest absolute Gasteiger partial charge is 0.424 e. The van der Waals surface area contributed by atoms with Crippen LogP contribution in [0.3, 0.4) is 0 Å². The molecule has 2 aromatic rings. The molecule has 0 radical (unpaired) electrons. The minimum absolute atomic E-state index is 0.0865. The average molecular weight is 314 g/mol. The molecule has 2 aliphatic rings. The van der Waals surface area contributed by atoms with Gasteiger partial charge in [-0.15, -0.1) is 0 Å². The standard InChI is InChI=1S/C17H22N4O2/c1-21-11-4-2-5-12(21)9-10(8-11)19-16(22)13-6-3-7-14-15(13)20-17(18)23-14/h3,6-7,10-12H,2,4-5,8-9H2,1H3,(H2,18,20)(H,19,22). The Morgan fingerprint density at radius 3 is 2.83 bits per heavy atom. The van der Waals surface area contributed by atoms with Gasteiger partial charge in [-0.2, -0.15) is 4.98 Å². The van der Waals surface area contributed by atoms with Crippen LogP contribution in [-0.4, -0.2) is 41.0 Å². The van der Waals surface area contributed by atoms with Crippen molar-refractivity contribution in [2.45, 2.75) is 50.2 Å². The van der Waals surface area contributed by atoms with E-state index in [1.807, 2.05) is 0 Å². The predicted octanol–water partition coefficient (Wildman–Crippen LogP) is 2.16. The first-order chi connectivity index (χ1) is 11.1. The molecule has 2 fully saturated rings. The molecule has 23 heavy (non-hydrogen) atoms. The Hall–Kier alpha value is -2.08. The molecule has 6 heteroatoms. The van der Waals surface area contributed by atoms with Crippen molar-refractivity contribution in [2.75, 3.05) is 12.8 Å². The number of hydrogen-bond acceptors (Lipinski definition) is 5. The van der Waals surface area contributed by atoms with Crippen molar-refractivity contribution in [1.82, 2.24) is 15.2 Å². The Balaban J connectivity index is 1.53. The zero-order valence-electron chi connectivity index (χ0n) is 13.3. The first-order valence-corrected chi connectivity index (χ1v) is 8.29. The third kappa shape index (κ3) is 2.57. The number of carbonyl (C=O) groups is 1. The Morgan fingerprint density at radius 1 is 1.35 bits per heavy atom. The number of oxazole rings is 1. The van der Waals surface area contributed by atoms with Gasteiger partial charge in [-0.3, -0.25) is 4.79 Å². The molecule has 6 nitrogen and oxygen atoms in total. The summed E-state index contributed by atoms with van der Waals surface area (Å²) in [4.78, 5) is 19.3. The third-order valence-electron chi connectivity index (χ3n) is 5.36. The SMILES string of the molecule is CN1C2CCCC1CC(NC(=O)c1cccc3oc(N)nc13)C2. The molecule has 2 atom stereocenters. The van der Waals surface area contributed by atoms with E-state index in [0.29, 0.717) is 28.7 Å². The number of aromatic nitrogens is 1. The highest BCUT2D eigenvalue weighted by molar-refractivity contribution is 6.04.